The van der Waals surface area contributed by atoms with Gasteiger partial charge >= 0.3 is 0 Å². The maximum absolute atomic E-state index is 12.3. The van der Waals surface area contributed by atoms with Crippen molar-refractivity contribution >= 4 is 5.91 Å². The molecule has 3 unspecified atom stereocenters. The third kappa shape index (κ3) is 2.23. The van der Waals surface area contributed by atoms with Crippen LogP contribution in [0.5, 0.6) is 0 Å². The van der Waals surface area contributed by atoms with Gasteiger partial charge in [-0.1, -0.05) is 0 Å². The number of hydrogen-bond donors (Lipinski definition) is 1. The van der Waals surface area contributed by atoms with Gasteiger partial charge in [0.2, 0.25) is 5.91 Å². The standard InChI is InChI=1S/C12H23N3O/c1-9-5-10(6-13)7-15(9)12(16)11-3-4-14(2)8-11/h9-11H,3-8,13H2,1-2H3. The van der Waals surface area contributed by atoms with E-state index in [1.54, 1.807) is 0 Å². The van der Waals surface area contributed by atoms with E-state index >= 15 is 0 Å². The second kappa shape index (κ2) is 4.72. The molecule has 0 aromatic heterocycles. The Labute approximate surface area is 97.8 Å². The first kappa shape index (κ1) is 11.9. The van der Waals surface area contributed by atoms with Crippen molar-refractivity contribution in [2.45, 2.75) is 25.8 Å². The Morgan fingerprint density at radius 1 is 1.44 bits per heavy atom. The summed E-state index contributed by atoms with van der Waals surface area (Å²) in [5.74, 6) is 1.09. The lowest BCUT2D eigenvalue weighted by molar-refractivity contribution is -0.135. The van der Waals surface area contributed by atoms with Crippen LogP contribution in [0.1, 0.15) is 19.8 Å². The van der Waals surface area contributed by atoms with E-state index in [-0.39, 0.29) is 5.92 Å². The third-order valence-corrected chi connectivity index (χ3v) is 4.02. The van der Waals surface area contributed by atoms with Crippen LogP contribution in [0.2, 0.25) is 0 Å². The predicted octanol–water partition coefficient (Wildman–Crippen LogP) is 0.134. The number of carbonyl (C=O) groups is 1. The fraction of sp³-hybridized carbons (Fsp3) is 0.917. The normalized spacial score (nSPS) is 35.9. The summed E-state index contributed by atoms with van der Waals surface area (Å²) in [6, 6.07) is 0.381. The van der Waals surface area contributed by atoms with Gasteiger partial charge in [-0.15, -0.1) is 0 Å². The Morgan fingerprint density at radius 2 is 2.19 bits per heavy atom. The van der Waals surface area contributed by atoms with Crippen molar-refractivity contribution in [3.63, 3.8) is 0 Å². The van der Waals surface area contributed by atoms with E-state index in [0.717, 1.165) is 32.5 Å². The van der Waals surface area contributed by atoms with E-state index < -0.39 is 0 Å². The van der Waals surface area contributed by atoms with Crippen molar-refractivity contribution < 1.29 is 4.79 Å². The molecule has 2 aliphatic rings. The predicted molar refractivity (Wildman–Crippen MR) is 63.9 cm³/mol. The van der Waals surface area contributed by atoms with Crippen LogP contribution in [0, 0.1) is 11.8 Å². The summed E-state index contributed by atoms with van der Waals surface area (Å²) < 4.78 is 0. The summed E-state index contributed by atoms with van der Waals surface area (Å²) in [7, 11) is 2.09. The molecule has 2 fully saturated rings. The van der Waals surface area contributed by atoms with Crippen LogP contribution >= 0.6 is 0 Å². The van der Waals surface area contributed by atoms with E-state index in [4.69, 9.17) is 5.73 Å². The van der Waals surface area contributed by atoms with Crippen molar-refractivity contribution in [2.24, 2.45) is 17.6 Å². The van der Waals surface area contributed by atoms with E-state index in [1.807, 2.05) is 0 Å². The van der Waals surface area contributed by atoms with E-state index in [1.165, 1.54) is 0 Å². The van der Waals surface area contributed by atoms with Gasteiger partial charge in [0.25, 0.3) is 0 Å². The van der Waals surface area contributed by atoms with Gasteiger partial charge in [-0.25, -0.2) is 0 Å². The van der Waals surface area contributed by atoms with Crippen molar-refractivity contribution in [3.8, 4) is 0 Å². The molecule has 2 aliphatic heterocycles. The largest absolute Gasteiger partial charge is 0.339 e. The molecule has 0 spiro atoms. The molecule has 2 rings (SSSR count). The molecule has 92 valence electrons. The number of nitrogens with two attached hydrogens (primary N) is 1. The highest BCUT2D eigenvalue weighted by Crippen LogP contribution is 2.26. The van der Waals surface area contributed by atoms with Gasteiger partial charge in [0.05, 0.1) is 5.92 Å². The molecule has 2 heterocycles. The van der Waals surface area contributed by atoms with Gasteiger partial charge in [-0.05, 0) is 45.8 Å². The van der Waals surface area contributed by atoms with Gasteiger partial charge in [0.1, 0.15) is 0 Å². The Hall–Kier alpha value is -0.610. The Morgan fingerprint density at radius 3 is 2.69 bits per heavy atom. The topological polar surface area (TPSA) is 49.6 Å². The average molecular weight is 225 g/mol. The number of nitrogens with zero attached hydrogens (tertiary/aromatic N) is 2. The van der Waals surface area contributed by atoms with Crippen LogP contribution in [0.3, 0.4) is 0 Å². The highest BCUT2D eigenvalue weighted by Gasteiger charge is 2.36. The molecule has 0 aliphatic carbocycles. The molecular weight excluding hydrogens is 202 g/mol. The summed E-state index contributed by atoms with van der Waals surface area (Å²) in [6.45, 7) is 5.70. The van der Waals surface area contributed by atoms with Crippen molar-refractivity contribution in [1.82, 2.24) is 9.80 Å². The van der Waals surface area contributed by atoms with Crippen LogP contribution < -0.4 is 5.73 Å². The first-order valence-electron chi connectivity index (χ1n) is 6.31. The lowest BCUT2D eigenvalue weighted by Gasteiger charge is -2.24. The fourth-order valence-corrected chi connectivity index (χ4v) is 2.99. The second-order valence-electron chi connectivity index (χ2n) is 5.42. The monoisotopic (exact) mass is 225 g/mol. The van der Waals surface area contributed by atoms with Gasteiger partial charge in [-0.3, -0.25) is 4.79 Å². The molecule has 0 radical (unpaired) electrons. The van der Waals surface area contributed by atoms with Crippen LogP contribution in [-0.4, -0.2) is 55.0 Å². The second-order valence-corrected chi connectivity index (χ2v) is 5.42. The van der Waals surface area contributed by atoms with E-state index in [9.17, 15) is 4.79 Å². The molecule has 1 amide bonds. The maximum Gasteiger partial charge on any atom is 0.227 e. The number of hydrogen-bond acceptors (Lipinski definition) is 3. The Bertz CT molecular complexity index is 269. The Balaban J connectivity index is 1.94. The number of carbonyl (C=O) groups excluding carboxylic acids is 1. The van der Waals surface area contributed by atoms with Crippen LogP contribution in [0.4, 0.5) is 0 Å². The summed E-state index contributed by atoms with van der Waals surface area (Å²) >= 11 is 0. The van der Waals surface area contributed by atoms with Gasteiger partial charge in [0.15, 0.2) is 0 Å². The van der Waals surface area contributed by atoms with Gasteiger partial charge in [0, 0.05) is 19.1 Å². The molecule has 0 bridgehead atoms. The van der Waals surface area contributed by atoms with Crippen molar-refractivity contribution in [1.29, 1.82) is 0 Å². The minimum atomic E-state index is 0.226. The molecule has 4 nitrogen and oxygen atoms in total. The molecule has 0 aromatic carbocycles. The van der Waals surface area contributed by atoms with Crippen LogP contribution in [-0.2, 0) is 4.79 Å². The fourth-order valence-electron chi connectivity index (χ4n) is 2.99. The van der Waals surface area contributed by atoms with E-state index in [0.29, 0.717) is 24.4 Å². The van der Waals surface area contributed by atoms with Crippen LogP contribution in [0.25, 0.3) is 0 Å². The highest BCUT2D eigenvalue weighted by atomic mass is 16.2. The molecule has 3 atom stereocenters. The zero-order chi connectivity index (χ0) is 11.7. The molecule has 4 heteroatoms. The SMILES string of the molecule is CC1CC(CN)CN1C(=O)C1CCN(C)C1. The first-order valence-corrected chi connectivity index (χ1v) is 6.31. The zero-order valence-corrected chi connectivity index (χ0v) is 10.4. The molecule has 2 saturated heterocycles. The van der Waals surface area contributed by atoms with E-state index in [2.05, 4.69) is 23.8 Å². The maximum atomic E-state index is 12.3. The minimum Gasteiger partial charge on any atom is -0.339 e. The summed E-state index contributed by atoms with van der Waals surface area (Å²) in [4.78, 5) is 16.6. The average Bonchev–Trinajstić information content (AvgIpc) is 2.83. The lowest BCUT2D eigenvalue weighted by Crippen LogP contribution is -2.39. The third-order valence-electron chi connectivity index (χ3n) is 4.02. The summed E-state index contributed by atoms with van der Waals surface area (Å²) in [5, 5.41) is 0. The van der Waals surface area contributed by atoms with Crippen molar-refractivity contribution in [2.75, 3.05) is 33.2 Å². The summed E-state index contributed by atoms with van der Waals surface area (Å²) in [5.41, 5.74) is 5.69. The number of amides is 1. The highest BCUT2D eigenvalue weighted by molar-refractivity contribution is 5.80. The first-order chi connectivity index (χ1) is 7.61. The molecular formula is C12H23N3O. The smallest absolute Gasteiger partial charge is 0.227 e. The van der Waals surface area contributed by atoms with Gasteiger partial charge < -0.3 is 15.5 Å². The van der Waals surface area contributed by atoms with Crippen LogP contribution in [0.15, 0.2) is 0 Å². The quantitative estimate of drug-likeness (QED) is 0.727. The summed E-state index contributed by atoms with van der Waals surface area (Å²) in [6.07, 6.45) is 2.09. The molecule has 16 heavy (non-hydrogen) atoms. The number of rotatable bonds is 2. The molecule has 0 saturated carbocycles. The number of likely N-dealkylation sites (tertiary alicyclic amines) is 2. The lowest BCUT2D eigenvalue weighted by atomic mass is 10.1. The Kier molecular flexibility index (Phi) is 3.50. The minimum absolute atomic E-state index is 0.226. The van der Waals surface area contributed by atoms with Gasteiger partial charge in [-0.2, -0.15) is 0 Å². The molecule has 2 N–H and O–H groups in total. The zero-order valence-electron chi connectivity index (χ0n) is 10.4. The molecule has 0 aromatic rings. The van der Waals surface area contributed by atoms with Crippen molar-refractivity contribution in [3.05, 3.63) is 0 Å².